The minimum Gasteiger partial charge on any atom is -0.297 e. The van der Waals surface area contributed by atoms with Crippen molar-refractivity contribution in [3.05, 3.63) is 34.9 Å². The van der Waals surface area contributed by atoms with Crippen molar-refractivity contribution in [2.24, 2.45) is 0 Å². The van der Waals surface area contributed by atoms with Crippen molar-refractivity contribution in [2.45, 2.75) is 25.9 Å². The Labute approximate surface area is 90.5 Å². The molecule has 0 radical (unpaired) electrons. The number of rotatable bonds is 3. The monoisotopic (exact) mass is 207 g/mol. The summed E-state index contributed by atoms with van der Waals surface area (Å²) in [5.41, 5.74) is 1.15. The van der Waals surface area contributed by atoms with Gasteiger partial charge in [0.05, 0.1) is 6.04 Å². The highest BCUT2D eigenvalue weighted by Gasteiger charge is 2.07. The van der Waals surface area contributed by atoms with Gasteiger partial charge in [0, 0.05) is 11.1 Å². The highest BCUT2D eigenvalue weighted by molar-refractivity contribution is 6.30. The highest BCUT2D eigenvalue weighted by atomic mass is 35.5. The second kappa shape index (κ2) is 5.05. The minimum atomic E-state index is 0.0731. The second-order valence-corrected chi connectivity index (χ2v) is 3.77. The molecule has 0 saturated heterocycles. The molecule has 2 unspecified atom stereocenters. The lowest BCUT2D eigenvalue weighted by Crippen LogP contribution is -2.27. The second-order valence-electron chi connectivity index (χ2n) is 3.33. The first-order chi connectivity index (χ1) is 6.63. The normalized spacial score (nSPS) is 14.4. The summed E-state index contributed by atoms with van der Waals surface area (Å²) in [6.07, 6.45) is 5.29. The molecule has 0 fully saturated rings. The highest BCUT2D eigenvalue weighted by Crippen LogP contribution is 2.17. The lowest BCUT2D eigenvalue weighted by molar-refractivity contribution is 0.546. The molecule has 2 atom stereocenters. The Morgan fingerprint density at radius 2 is 2.14 bits per heavy atom. The largest absolute Gasteiger partial charge is 0.297 e. The number of benzene rings is 1. The molecule has 0 amide bonds. The molecule has 2 heteroatoms. The van der Waals surface area contributed by atoms with E-state index in [1.807, 2.05) is 31.2 Å². The van der Waals surface area contributed by atoms with Crippen molar-refractivity contribution in [1.29, 1.82) is 0 Å². The van der Waals surface area contributed by atoms with Crippen molar-refractivity contribution >= 4 is 11.6 Å². The fourth-order valence-electron chi connectivity index (χ4n) is 1.30. The van der Waals surface area contributed by atoms with Gasteiger partial charge < -0.3 is 0 Å². The molecule has 74 valence electrons. The van der Waals surface area contributed by atoms with E-state index in [9.17, 15) is 0 Å². The van der Waals surface area contributed by atoms with Crippen LogP contribution in [0, 0.1) is 12.3 Å². The molecule has 0 heterocycles. The molecule has 0 saturated carbocycles. The van der Waals surface area contributed by atoms with Crippen molar-refractivity contribution < 1.29 is 0 Å². The van der Waals surface area contributed by atoms with Crippen molar-refractivity contribution in [2.75, 3.05) is 0 Å². The van der Waals surface area contributed by atoms with Crippen LogP contribution in [0.2, 0.25) is 5.02 Å². The summed E-state index contributed by atoms with van der Waals surface area (Å²) in [6.45, 7) is 4.03. The summed E-state index contributed by atoms with van der Waals surface area (Å²) in [4.78, 5) is 0. The molecule has 1 rings (SSSR count). The van der Waals surface area contributed by atoms with Gasteiger partial charge in [-0.05, 0) is 31.5 Å². The SMILES string of the molecule is C#CC(C)NC(C)c1cccc(Cl)c1. The Bertz CT molecular complexity index is 340. The van der Waals surface area contributed by atoms with E-state index in [2.05, 4.69) is 18.2 Å². The maximum absolute atomic E-state index is 5.89. The molecular formula is C12H14ClN. The predicted octanol–water partition coefficient (Wildman–Crippen LogP) is 3.01. The summed E-state index contributed by atoms with van der Waals surface area (Å²) >= 11 is 5.89. The van der Waals surface area contributed by atoms with Gasteiger partial charge in [0.15, 0.2) is 0 Å². The summed E-state index contributed by atoms with van der Waals surface area (Å²) in [5.74, 6) is 2.64. The fourth-order valence-corrected chi connectivity index (χ4v) is 1.49. The molecule has 0 aliphatic heterocycles. The smallest absolute Gasteiger partial charge is 0.0662 e. The zero-order valence-corrected chi connectivity index (χ0v) is 9.18. The van der Waals surface area contributed by atoms with Crippen LogP contribution in [-0.4, -0.2) is 6.04 Å². The molecule has 0 aliphatic carbocycles. The van der Waals surface area contributed by atoms with E-state index < -0.39 is 0 Å². The van der Waals surface area contributed by atoms with Gasteiger partial charge >= 0.3 is 0 Å². The number of hydrogen-bond acceptors (Lipinski definition) is 1. The van der Waals surface area contributed by atoms with Gasteiger partial charge in [-0.15, -0.1) is 6.42 Å². The maximum Gasteiger partial charge on any atom is 0.0662 e. The van der Waals surface area contributed by atoms with Gasteiger partial charge in [-0.1, -0.05) is 29.7 Å². The summed E-state index contributed by atoms with van der Waals surface area (Å²) in [7, 11) is 0. The van der Waals surface area contributed by atoms with Crippen LogP contribution in [-0.2, 0) is 0 Å². The van der Waals surface area contributed by atoms with E-state index in [0.717, 1.165) is 10.6 Å². The van der Waals surface area contributed by atoms with Gasteiger partial charge in [-0.3, -0.25) is 5.32 Å². The number of halogens is 1. The zero-order valence-electron chi connectivity index (χ0n) is 8.42. The van der Waals surface area contributed by atoms with E-state index >= 15 is 0 Å². The van der Waals surface area contributed by atoms with Gasteiger partial charge in [-0.25, -0.2) is 0 Å². The molecule has 1 aromatic rings. The van der Waals surface area contributed by atoms with Gasteiger partial charge in [-0.2, -0.15) is 0 Å². The first-order valence-electron chi connectivity index (χ1n) is 4.61. The van der Waals surface area contributed by atoms with E-state index in [1.54, 1.807) is 0 Å². The summed E-state index contributed by atoms with van der Waals surface area (Å²) in [6, 6.07) is 8.08. The quantitative estimate of drug-likeness (QED) is 0.752. The molecule has 1 N–H and O–H groups in total. The Kier molecular flexibility index (Phi) is 4.00. The molecular weight excluding hydrogens is 194 g/mol. The van der Waals surface area contributed by atoms with Crippen molar-refractivity contribution in [3.8, 4) is 12.3 Å². The standard InChI is InChI=1S/C12H14ClN/c1-4-9(2)14-10(3)11-6-5-7-12(13)8-11/h1,5-10,14H,2-3H3. The van der Waals surface area contributed by atoms with E-state index in [-0.39, 0.29) is 12.1 Å². The molecule has 0 bridgehead atoms. The first kappa shape index (κ1) is 11.1. The fraction of sp³-hybridized carbons (Fsp3) is 0.333. The number of hydrogen-bond donors (Lipinski definition) is 1. The molecule has 1 aromatic carbocycles. The first-order valence-corrected chi connectivity index (χ1v) is 4.99. The van der Waals surface area contributed by atoms with Crippen LogP contribution in [0.3, 0.4) is 0 Å². The minimum absolute atomic E-state index is 0.0731. The number of terminal acetylenes is 1. The third-order valence-electron chi connectivity index (χ3n) is 2.10. The van der Waals surface area contributed by atoms with Crippen LogP contribution < -0.4 is 5.32 Å². The van der Waals surface area contributed by atoms with Crippen LogP contribution in [0.25, 0.3) is 0 Å². The maximum atomic E-state index is 5.89. The average molecular weight is 208 g/mol. The molecule has 0 spiro atoms. The third-order valence-corrected chi connectivity index (χ3v) is 2.33. The van der Waals surface area contributed by atoms with Crippen molar-refractivity contribution in [1.82, 2.24) is 5.32 Å². The van der Waals surface area contributed by atoms with Crippen LogP contribution in [0.1, 0.15) is 25.5 Å². The van der Waals surface area contributed by atoms with Gasteiger partial charge in [0.2, 0.25) is 0 Å². The van der Waals surface area contributed by atoms with Gasteiger partial charge in [0.1, 0.15) is 0 Å². The molecule has 1 nitrogen and oxygen atoms in total. The molecule has 0 aliphatic rings. The Hall–Kier alpha value is -0.970. The Morgan fingerprint density at radius 1 is 1.43 bits per heavy atom. The van der Waals surface area contributed by atoms with Crippen LogP contribution in [0.15, 0.2) is 24.3 Å². The van der Waals surface area contributed by atoms with E-state index in [0.29, 0.717) is 0 Å². The lowest BCUT2D eigenvalue weighted by atomic mass is 10.1. The van der Waals surface area contributed by atoms with Crippen LogP contribution in [0.4, 0.5) is 0 Å². The summed E-state index contributed by atoms with van der Waals surface area (Å²) < 4.78 is 0. The number of nitrogens with one attached hydrogen (secondary N) is 1. The molecule has 14 heavy (non-hydrogen) atoms. The van der Waals surface area contributed by atoms with E-state index in [4.69, 9.17) is 18.0 Å². The van der Waals surface area contributed by atoms with Crippen molar-refractivity contribution in [3.63, 3.8) is 0 Å². The molecule has 0 aromatic heterocycles. The van der Waals surface area contributed by atoms with Crippen LogP contribution >= 0.6 is 11.6 Å². The Morgan fingerprint density at radius 3 is 2.71 bits per heavy atom. The summed E-state index contributed by atoms with van der Waals surface area (Å²) in [5, 5.41) is 4.03. The van der Waals surface area contributed by atoms with Gasteiger partial charge in [0.25, 0.3) is 0 Å². The van der Waals surface area contributed by atoms with Crippen LogP contribution in [0.5, 0.6) is 0 Å². The zero-order chi connectivity index (χ0) is 10.6. The predicted molar refractivity (Wildman–Crippen MR) is 61.3 cm³/mol. The third kappa shape index (κ3) is 3.06. The lowest BCUT2D eigenvalue weighted by Gasteiger charge is -2.16. The Balaban J connectivity index is 2.70. The van der Waals surface area contributed by atoms with E-state index in [1.165, 1.54) is 0 Å². The topological polar surface area (TPSA) is 12.0 Å². The average Bonchev–Trinajstić information content (AvgIpc) is 2.17.